The molecule has 2 aromatic heterocycles. The highest BCUT2D eigenvalue weighted by Gasteiger charge is 2.11. The lowest BCUT2D eigenvalue weighted by Gasteiger charge is -2.07. The van der Waals surface area contributed by atoms with E-state index in [1.54, 1.807) is 23.6 Å². The number of thiophene rings is 1. The maximum absolute atomic E-state index is 11.7. The van der Waals surface area contributed by atoms with E-state index in [0.29, 0.717) is 6.54 Å². The van der Waals surface area contributed by atoms with Crippen molar-refractivity contribution in [3.63, 3.8) is 0 Å². The fraction of sp³-hybridized carbons (Fsp3) is 0.167. The summed E-state index contributed by atoms with van der Waals surface area (Å²) in [4.78, 5) is 23.7. The van der Waals surface area contributed by atoms with Gasteiger partial charge in [-0.1, -0.05) is 0 Å². The molecule has 0 saturated heterocycles. The Hall–Kier alpha value is -1.60. The van der Waals surface area contributed by atoms with E-state index < -0.39 is 5.97 Å². The summed E-state index contributed by atoms with van der Waals surface area (Å²) < 4.78 is 2.41. The standard InChI is InChI=1S/C12H11BrN2O3S/c13-10-4-3-8(19-10)6-14-11(16)7-15-5-1-2-9(15)12(17)18/h1-5H,6-7H2,(H,14,16)(H,17,18). The Bertz CT molecular complexity index is 606. The number of nitrogens with one attached hydrogen (secondary N) is 1. The zero-order valence-corrected chi connectivity index (χ0v) is 12.2. The molecule has 0 fully saturated rings. The molecule has 0 radical (unpaired) electrons. The summed E-state index contributed by atoms with van der Waals surface area (Å²) in [7, 11) is 0. The molecule has 2 rings (SSSR count). The highest BCUT2D eigenvalue weighted by molar-refractivity contribution is 9.11. The van der Waals surface area contributed by atoms with Gasteiger partial charge in [-0.15, -0.1) is 11.3 Å². The van der Waals surface area contributed by atoms with Crippen molar-refractivity contribution in [3.8, 4) is 0 Å². The third-order valence-corrected chi connectivity index (χ3v) is 4.07. The fourth-order valence-corrected chi connectivity index (χ4v) is 3.01. The lowest BCUT2D eigenvalue weighted by Crippen LogP contribution is -2.27. The van der Waals surface area contributed by atoms with E-state index in [-0.39, 0.29) is 18.1 Å². The van der Waals surface area contributed by atoms with Crippen LogP contribution >= 0.6 is 27.3 Å². The van der Waals surface area contributed by atoms with Crippen molar-refractivity contribution in [1.82, 2.24) is 9.88 Å². The Morgan fingerprint density at radius 2 is 2.16 bits per heavy atom. The van der Waals surface area contributed by atoms with Gasteiger partial charge in [-0.05, 0) is 40.2 Å². The van der Waals surface area contributed by atoms with E-state index in [0.717, 1.165) is 8.66 Å². The first-order chi connectivity index (χ1) is 9.06. The first-order valence-electron chi connectivity index (χ1n) is 5.45. The number of rotatable bonds is 5. The number of carbonyl (C=O) groups is 2. The van der Waals surface area contributed by atoms with Gasteiger partial charge in [0.2, 0.25) is 5.91 Å². The molecule has 2 aromatic rings. The third-order valence-electron chi connectivity index (χ3n) is 2.45. The number of hydrogen-bond donors (Lipinski definition) is 2. The molecule has 0 aliphatic carbocycles. The van der Waals surface area contributed by atoms with Gasteiger partial charge in [0.25, 0.3) is 0 Å². The minimum Gasteiger partial charge on any atom is -0.477 e. The molecule has 0 bridgehead atoms. The topological polar surface area (TPSA) is 71.3 Å². The molecule has 0 saturated carbocycles. The van der Waals surface area contributed by atoms with Gasteiger partial charge in [-0.3, -0.25) is 4.79 Å². The van der Waals surface area contributed by atoms with Crippen LogP contribution in [-0.2, 0) is 17.9 Å². The van der Waals surface area contributed by atoms with E-state index >= 15 is 0 Å². The Kier molecular flexibility index (Phi) is 4.39. The number of halogens is 1. The van der Waals surface area contributed by atoms with E-state index in [2.05, 4.69) is 21.2 Å². The zero-order chi connectivity index (χ0) is 13.8. The largest absolute Gasteiger partial charge is 0.477 e. The van der Waals surface area contributed by atoms with Crippen LogP contribution in [0.25, 0.3) is 0 Å². The Labute approximate surface area is 122 Å². The van der Waals surface area contributed by atoms with Crippen LogP contribution in [0, 0.1) is 0 Å². The quantitative estimate of drug-likeness (QED) is 0.875. The van der Waals surface area contributed by atoms with Crippen LogP contribution in [0.3, 0.4) is 0 Å². The van der Waals surface area contributed by atoms with Crippen LogP contribution in [0.15, 0.2) is 34.2 Å². The molecule has 0 aromatic carbocycles. The molecule has 0 aliphatic rings. The van der Waals surface area contributed by atoms with Crippen LogP contribution in [0.4, 0.5) is 0 Å². The molecule has 0 atom stereocenters. The normalized spacial score (nSPS) is 10.4. The first kappa shape index (κ1) is 13.8. The van der Waals surface area contributed by atoms with Crippen molar-refractivity contribution in [2.75, 3.05) is 0 Å². The van der Waals surface area contributed by atoms with Gasteiger partial charge in [-0.25, -0.2) is 4.79 Å². The van der Waals surface area contributed by atoms with Gasteiger partial charge in [-0.2, -0.15) is 0 Å². The average molecular weight is 343 g/mol. The Balaban J connectivity index is 1.90. The van der Waals surface area contributed by atoms with Crippen LogP contribution in [0.2, 0.25) is 0 Å². The molecule has 0 unspecified atom stereocenters. The lowest BCUT2D eigenvalue weighted by molar-refractivity contribution is -0.121. The number of aromatic nitrogens is 1. The van der Waals surface area contributed by atoms with Crippen molar-refractivity contribution in [2.24, 2.45) is 0 Å². The molecule has 5 nitrogen and oxygen atoms in total. The Morgan fingerprint density at radius 1 is 1.37 bits per heavy atom. The first-order valence-corrected chi connectivity index (χ1v) is 7.06. The smallest absolute Gasteiger partial charge is 0.352 e. The maximum atomic E-state index is 11.7. The van der Waals surface area contributed by atoms with Gasteiger partial charge in [0.1, 0.15) is 12.2 Å². The SMILES string of the molecule is O=C(Cn1cccc1C(=O)O)NCc1ccc(Br)s1. The molecular formula is C12H11BrN2O3S. The molecule has 2 N–H and O–H groups in total. The number of aromatic carboxylic acids is 1. The van der Waals surface area contributed by atoms with E-state index in [1.807, 2.05) is 12.1 Å². The lowest BCUT2D eigenvalue weighted by atomic mass is 10.4. The van der Waals surface area contributed by atoms with Crippen molar-refractivity contribution in [3.05, 3.63) is 44.8 Å². The van der Waals surface area contributed by atoms with Crippen molar-refractivity contribution < 1.29 is 14.7 Å². The molecule has 7 heteroatoms. The van der Waals surface area contributed by atoms with Crippen LogP contribution in [0.1, 0.15) is 15.4 Å². The molecule has 0 spiro atoms. The van der Waals surface area contributed by atoms with Gasteiger partial charge in [0.15, 0.2) is 0 Å². The summed E-state index contributed by atoms with van der Waals surface area (Å²) in [6, 6.07) is 6.91. The minimum absolute atomic E-state index is 0.00117. The number of carboxylic acid groups (broad SMARTS) is 1. The fourth-order valence-electron chi connectivity index (χ4n) is 1.59. The predicted octanol–water partition coefficient (Wildman–Crippen LogP) is 2.33. The van der Waals surface area contributed by atoms with Crippen molar-refractivity contribution in [1.29, 1.82) is 0 Å². The van der Waals surface area contributed by atoms with Crippen LogP contribution in [-0.4, -0.2) is 21.6 Å². The predicted molar refractivity (Wildman–Crippen MR) is 75.3 cm³/mol. The summed E-state index contributed by atoms with van der Waals surface area (Å²) in [5, 5.41) is 11.7. The second-order valence-corrected chi connectivity index (χ2v) is 6.36. The summed E-state index contributed by atoms with van der Waals surface area (Å²) >= 11 is 4.90. The summed E-state index contributed by atoms with van der Waals surface area (Å²) in [5.41, 5.74) is 0.106. The van der Waals surface area contributed by atoms with E-state index in [1.165, 1.54) is 10.6 Å². The second-order valence-electron chi connectivity index (χ2n) is 3.81. The Morgan fingerprint density at radius 3 is 2.79 bits per heavy atom. The van der Waals surface area contributed by atoms with Crippen LogP contribution < -0.4 is 5.32 Å². The highest BCUT2D eigenvalue weighted by Crippen LogP contribution is 2.21. The second kappa shape index (κ2) is 6.03. The average Bonchev–Trinajstić information content (AvgIpc) is 2.95. The van der Waals surface area contributed by atoms with E-state index in [9.17, 15) is 9.59 Å². The number of amides is 1. The summed E-state index contributed by atoms with van der Waals surface area (Å²) in [6.45, 7) is 0.444. The molecule has 1 amide bonds. The summed E-state index contributed by atoms with van der Waals surface area (Å²) in [5.74, 6) is -1.26. The highest BCUT2D eigenvalue weighted by atomic mass is 79.9. The molecule has 2 heterocycles. The third kappa shape index (κ3) is 3.68. The van der Waals surface area contributed by atoms with Gasteiger partial charge in [0.05, 0.1) is 10.3 Å². The minimum atomic E-state index is -1.04. The van der Waals surface area contributed by atoms with Gasteiger partial charge < -0.3 is 15.0 Å². The zero-order valence-electron chi connectivity index (χ0n) is 9.80. The number of nitrogens with zero attached hydrogens (tertiary/aromatic N) is 1. The molecule has 19 heavy (non-hydrogen) atoms. The molecule has 0 aliphatic heterocycles. The van der Waals surface area contributed by atoms with Crippen molar-refractivity contribution >= 4 is 39.1 Å². The number of carbonyl (C=O) groups excluding carboxylic acids is 1. The molecule has 100 valence electrons. The van der Waals surface area contributed by atoms with Gasteiger partial charge >= 0.3 is 5.97 Å². The number of hydrogen-bond acceptors (Lipinski definition) is 3. The maximum Gasteiger partial charge on any atom is 0.352 e. The monoisotopic (exact) mass is 342 g/mol. The number of carboxylic acids is 1. The van der Waals surface area contributed by atoms with Crippen molar-refractivity contribution in [2.45, 2.75) is 13.1 Å². The molecular weight excluding hydrogens is 332 g/mol. The van der Waals surface area contributed by atoms with Crippen LogP contribution in [0.5, 0.6) is 0 Å². The summed E-state index contributed by atoms with van der Waals surface area (Å²) in [6.07, 6.45) is 1.57. The van der Waals surface area contributed by atoms with E-state index in [4.69, 9.17) is 5.11 Å². The van der Waals surface area contributed by atoms with Gasteiger partial charge in [0, 0.05) is 11.1 Å².